The minimum Gasteiger partial charge on any atom is -0.618 e. The van der Waals surface area contributed by atoms with E-state index in [1.165, 1.54) is 20.1 Å². The van der Waals surface area contributed by atoms with Crippen molar-refractivity contribution in [2.45, 2.75) is 38.8 Å². The molecular formula is C20H24N2O6. The molecule has 8 nitrogen and oxygen atoms in total. The molecule has 1 heterocycles. The van der Waals surface area contributed by atoms with Crippen molar-refractivity contribution in [2.75, 3.05) is 7.11 Å². The second-order valence-electron chi connectivity index (χ2n) is 6.44. The fourth-order valence-corrected chi connectivity index (χ4v) is 2.62. The second kappa shape index (κ2) is 9.07. The number of amides is 1. The first-order chi connectivity index (χ1) is 13.3. The summed E-state index contributed by atoms with van der Waals surface area (Å²) in [7, 11) is 1.29. The molecule has 0 aliphatic rings. The number of nitrogens with zero attached hydrogens (tertiary/aromatic N) is 1. The number of aromatic nitrogens is 1. The maximum atomic E-state index is 12.4. The lowest BCUT2D eigenvalue weighted by Gasteiger charge is -2.23. The lowest BCUT2D eigenvalue weighted by atomic mass is 9.96. The SMILES string of the molecule is COc1cc[n+]([O-])c(C(=O)NC(C)C(=O)OC(C)C(C)c2ccccc2)c1O. The Morgan fingerprint density at radius 3 is 2.39 bits per heavy atom. The molecule has 1 amide bonds. The highest BCUT2D eigenvalue weighted by Crippen LogP contribution is 2.26. The Hall–Kier alpha value is -3.29. The predicted molar refractivity (Wildman–Crippen MR) is 101 cm³/mol. The fourth-order valence-electron chi connectivity index (χ4n) is 2.62. The first-order valence-electron chi connectivity index (χ1n) is 8.81. The molecule has 1 aromatic carbocycles. The normalized spacial score (nSPS) is 13.9. The summed E-state index contributed by atoms with van der Waals surface area (Å²) in [6.45, 7) is 5.14. The highest BCUT2D eigenvalue weighted by atomic mass is 16.5. The monoisotopic (exact) mass is 388 g/mol. The molecule has 0 bridgehead atoms. The Kier molecular flexibility index (Phi) is 6.81. The van der Waals surface area contributed by atoms with Crippen LogP contribution < -0.4 is 14.8 Å². The van der Waals surface area contributed by atoms with Gasteiger partial charge in [0.1, 0.15) is 12.1 Å². The number of methoxy groups -OCH3 is 1. The number of ether oxygens (including phenoxy) is 2. The van der Waals surface area contributed by atoms with Crippen LogP contribution in [0.5, 0.6) is 11.5 Å². The van der Waals surface area contributed by atoms with Gasteiger partial charge < -0.3 is 25.1 Å². The minimum atomic E-state index is -1.02. The van der Waals surface area contributed by atoms with Crippen molar-refractivity contribution < 1.29 is 28.9 Å². The first-order valence-corrected chi connectivity index (χ1v) is 8.81. The van der Waals surface area contributed by atoms with Crippen molar-refractivity contribution in [1.29, 1.82) is 0 Å². The molecule has 1 aromatic heterocycles. The smallest absolute Gasteiger partial charge is 0.328 e. The van der Waals surface area contributed by atoms with Crippen molar-refractivity contribution in [3.05, 3.63) is 59.1 Å². The molecule has 8 heteroatoms. The van der Waals surface area contributed by atoms with E-state index in [4.69, 9.17) is 9.47 Å². The van der Waals surface area contributed by atoms with Crippen LogP contribution in [0.25, 0.3) is 0 Å². The summed E-state index contributed by atoms with van der Waals surface area (Å²) in [5.74, 6) is -2.25. The third kappa shape index (κ3) is 4.70. The topological polar surface area (TPSA) is 112 Å². The molecule has 28 heavy (non-hydrogen) atoms. The Morgan fingerprint density at radius 1 is 1.14 bits per heavy atom. The molecule has 0 radical (unpaired) electrons. The second-order valence-corrected chi connectivity index (χ2v) is 6.44. The number of esters is 1. The van der Waals surface area contributed by atoms with Crippen LogP contribution in [-0.2, 0) is 9.53 Å². The molecule has 0 spiro atoms. The van der Waals surface area contributed by atoms with E-state index in [-0.39, 0.29) is 16.4 Å². The summed E-state index contributed by atoms with van der Waals surface area (Å²) >= 11 is 0. The van der Waals surface area contributed by atoms with E-state index in [1.807, 2.05) is 37.3 Å². The van der Waals surface area contributed by atoms with Crippen molar-refractivity contribution in [1.82, 2.24) is 5.32 Å². The van der Waals surface area contributed by atoms with E-state index in [2.05, 4.69) is 5.32 Å². The van der Waals surface area contributed by atoms with Gasteiger partial charge >= 0.3 is 17.6 Å². The van der Waals surface area contributed by atoms with Gasteiger partial charge in [0.25, 0.3) is 0 Å². The number of aromatic hydroxyl groups is 1. The summed E-state index contributed by atoms with van der Waals surface area (Å²) in [6, 6.07) is 9.80. The highest BCUT2D eigenvalue weighted by Gasteiger charge is 2.29. The number of carbonyl (C=O) groups excluding carboxylic acids is 2. The van der Waals surface area contributed by atoms with Crippen LogP contribution in [0.1, 0.15) is 42.7 Å². The zero-order chi connectivity index (χ0) is 20.8. The Morgan fingerprint density at radius 2 is 1.79 bits per heavy atom. The molecule has 2 aromatic rings. The number of carbonyl (C=O) groups is 2. The Balaban J connectivity index is 2.03. The Labute approximate surface area is 163 Å². The van der Waals surface area contributed by atoms with Crippen LogP contribution in [0.15, 0.2) is 42.6 Å². The van der Waals surface area contributed by atoms with Gasteiger partial charge in [0.05, 0.1) is 7.11 Å². The third-order valence-corrected chi connectivity index (χ3v) is 4.51. The van der Waals surface area contributed by atoms with Gasteiger partial charge in [-0.2, -0.15) is 4.73 Å². The minimum absolute atomic E-state index is 0.0298. The van der Waals surface area contributed by atoms with Gasteiger partial charge in [0.15, 0.2) is 11.9 Å². The van der Waals surface area contributed by atoms with E-state index in [0.29, 0.717) is 0 Å². The van der Waals surface area contributed by atoms with Crippen LogP contribution in [0.4, 0.5) is 0 Å². The first kappa shape index (κ1) is 21.0. The summed E-state index contributed by atoms with van der Waals surface area (Å²) < 4.78 is 10.5. The van der Waals surface area contributed by atoms with Crippen LogP contribution in [0.3, 0.4) is 0 Å². The van der Waals surface area contributed by atoms with Gasteiger partial charge in [-0.15, -0.1) is 0 Å². The molecule has 0 saturated carbocycles. The van der Waals surface area contributed by atoms with Crippen molar-refractivity contribution in [3.8, 4) is 11.5 Å². The molecule has 3 atom stereocenters. The zero-order valence-corrected chi connectivity index (χ0v) is 16.2. The maximum Gasteiger partial charge on any atom is 0.328 e. The average Bonchev–Trinajstić information content (AvgIpc) is 2.68. The van der Waals surface area contributed by atoms with Crippen molar-refractivity contribution in [2.24, 2.45) is 0 Å². The van der Waals surface area contributed by atoms with Gasteiger partial charge in [0, 0.05) is 12.0 Å². The quantitative estimate of drug-likeness (QED) is 0.426. The van der Waals surface area contributed by atoms with E-state index in [1.54, 1.807) is 6.92 Å². The van der Waals surface area contributed by atoms with E-state index >= 15 is 0 Å². The average molecular weight is 388 g/mol. The molecule has 150 valence electrons. The molecule has 2 rings (SSSR count). The summed E-state index contributed by atoms with van der Waals surface area (Å²) in [6.07, 6.45) is 0.601. The molecule has 0 saturated heterocycles. The number of hydrogen-bond acceptors (Lipinski definition) is 6. The lowest BCUT2D eigenvalue weighted by molar-refractivity contribution is -0.608. The van der Waals surface area contributed by atoms with Crippen molar-refractivity contribution in [3.63, 3.8) is 0 Å². The number of pyridine rings is 1. The van der Waals surface area contributed by atoms with E-state index in [9.17, 15) is 19.9 Å². The van der Waals surface area contributed by atoms with Gasteiger partial charge in [-0.3, -0.25) is 4.79 Å². The van der Waals surface area contributed by atoms with Crippen LogP contribution in [0, 0.1) is 5.21 Å². The molecule has 0 aliphatic heterocycles. The predicted octanol–water partition coefficient (Wildman–Crippen LogP) is 1.89. The molecular weight excluding hydrogens is 364 g/mol. The van der Waals surface area contributed by atoms with Crippen LogP contribution in [0.2, 0.25) is 0 Å². The van der Waals surface area contributed by atoms with Gasteiger partial charge in [-0.05, 0) is 19.4 Å². The highest BCUT2D eigenvalue weighted by molar-refractivity contribution is 5.96. The van der Waals surface area contributed by atoms with Gasteiger partial charge in [-0.25, -0.2) is 4.79 Å². The number of nitrogens with one attached hydrogen (secondary N) is 1. The number of hydrogen-bond donors (Lipinski definition) is 2. The lowest BCUT2D eigenvalue weighted by Crippen LogP contribution is -2.46. The fraction of sp³-hybridized carbons (Fsp3) is 0.350. The summed E-state index contributed by atoms with van der Waals surface area (Å²) in [4.78, 5) is 24.7. The maximum absolute atomic E-state index is 12.4. The van der Waals surface area contributed by atoms with E-state index < -0.39 is 35.5 Å². The van der Waals surface area contributed by atoms with Gasteiger partial charge in [-0.1, -0.05) is 37.3 Å². The largest absolute Gasteiger partial charge is 0.618 e. The van der Waals surface area contributed by atoms with Gasteiger partial charge in [0.2, 0.25) is 5.75 Å². The summed E-state index contributed by atoms with van der Waals surface area (Å²) in [5.41, 5.74) is 0.456. The number of benzene rings is 1. The van der Waals surface area contributed by atoms with E-state index in [0.717, 1.165) is 11.8 Å². The number of rotatable bonds is 7. The zero-order valence-electron chi connectivity index (χ0n) is 16.2. The molecule has 0 aliphatic carbocycles. The summed E-state index contributed by atoms with van der Waals surface area (Å²) in [5, 5.41) is 24.2. The molecule has 0 fully saturated rings. The Bertz CT molecular complexity index is 840. The van der Waals surface area contributed by atoms with Crippen LogP contribution in [-0.4, -0.2) is 36.2 Å². The standard InChI is InChI=1S/C20H24N2O6/c1-12(15-8-6-5-7-9-15)14(3)28-20(25)13(2)21-19(24)17-18(23)16(27-4)10-11-22(17)26/h5-14,23H,1-4H3,(H,21,24). The molecule has 2 N–H and O–H groups in total. The molecule has 3 unspecified atom stereocenters. The third-order valence-electron chi connectivity index (χ3n) is 4.51. The van der Waals surface area contributed by atoms with Crippen molar-refractivity contribution >= 4 is 11.9 Å². The van der Waals surface area contributed by atoms with Crippen LogP contribution >= 0.6 is 0 Å².